The van der Waals surface area contributed by atoms with Crippen LogP contribution in [0.5, 0.6) is 5.75 Å². The maximum Gasteiger partial charge on any atom is 0.514 e. The molecular formula is C21H25NO10P2. The summed E-state index contributed by atoms with van der Waals surface area (Å²) in [6.07, 6.45) is 3.26. The van der Waals surface area contributed by atoms with Crippen LogP contribution in [0.2, 0.25) is 0 Å². The highest BCUT2D eigenvalue weighted by Gasteiger charge is 2.67. The molecule has 34 heavy (non-hydrogen) atoms. The van der Waals surface area contributed by atoms with Crippen LogP contribution in [0.3, 0.4) is 0 Å². The van der Waals surface area contributed by atoms with Crippen LogP contribution in [0.4, 0.5) is 4.79 Å². The molecule has 0 amide bonds. The molecule has 184 valence electrons. The van der Waals surface area contributed by atoms with Crippen LogP contribution >= 0.6 is 15.2 Å². The van der Waals surface area contributed by atoms with Gasteiger partial charge in [-0.2, -0.15) is 0 Å². The lowest BCUT2D eigenvalue weighted by molar-refractivity contribution is -0.0590. The number of hydrogen-bond donors (Lipinski definition) is 3. The minimum Gasteiger partial charge on any atom is -0.431 e. The lowest BCUT2D eigenvalue weighted by Gasteiger charge is -2.41. The van der Waals surface area contributed by atoms with Crippen LogP contribution in [0.15, 0.2) is 48.8 Å². The van der Waals surface area contributed by atoms with Gasteiger partial charge >= 0.3 is 21.3 Å². The molecule has 2 aromatic rings. The number of benzene rings is 1. The Morgan fingerprint density at radius 3 is 2.38 bits per heavy atom. The Kier molecular flexibility index (Phi) is 7.26. The Labute approximate surface area is 195 Å². The van der Waals surface area contributed by atoms with E-state index >= 15 is 0 Å². The Morgan fingerprint density at radius 2 is 1.74 bits per heavy atom. The molecule has 1 saturated carbocycles. The molecule has 3 N–H and O–H groups in total. The zero-order chi connectivity index (χ0) is 24.4. The quantitative estimate of drug-likeness (QED) is 0.298. The number of aromatic nitrogens is 1. The zero-order valence-corrected chi connectivity index (χ0v) is 19.8. The normalized spacial score (nSPS) is 32.1. The number of para-hydroxylation sites is 1. The molecule has 2 aliphatic rings. The fourth-order valence-electron chi connectivity index (χ4n) is 3.90. The molecule has 11 nitrogen and oxygen atoms in total. The molecule has 0 bridgehead atoms. The van der Waals surface area contributed by atoms with Crippen LogP contribution in [0, 0.1) is 0 Å². The summed E-state index contributed by atoms with van der Waals surface area (Å²) in [5, 5.41) is 7.70. The second-order valence-electron chi connectivity index (χ2n) is 8.16. The van der Waals surface area contributed by atoms with Crippen molar-refractivity contribution >= 4 is 21.3 Å². The third kappa shape index (κ3) is 5.11. The number of rotatable bonds is 5. The van der Waals surface area contributed by atoms with Crippen LogP contribution < -0.4 is 4.74 Å². The van der Waals surface area contributed by atoms with Gasteiger partial charge in [0.2, 0.25) is 6.29 Å². The van der Waals surface area contributed by atoms with Gasteiger partial charge in [-0.25, -0.2) is 4.79 Å². The summed E-state index contributed by atoms with van der Waals surface area (Å²) in [4.78, 5) is 37.2. The molecule has 1 aliphatic heterocycles. The Hall–Kier alpha value is -2.10. The molecule has 1 aromatic heterocycles. The predicted octanol–water partition coefficient (Wildman–Crippen LogP) is 4.23. The fraction of sp³-hybridized carbons (Fsp3) is 0.429. The number of pyridine rings is 1. The van der Waals surface area contributed by atoms with Crippen LogP contribution in [0.25, 0.3) is 0 Å². The molecule has 0 radical (unpaired) electrons. The van der Waals surface area contributed by atoms with Crippen molar-refractivity contribution in [1.82, 2.24) is 4.98 Å². The molecule has 1 aromatic carbocycles. The number of hydrogen-bond acceptors (Lipinski definition) is 9. The highest BCUT2D eigenvalue weighted by atomic mass is 31.2. The van der Waals surface area contributed by atoms with E-state index in [0.717, 1.165) is 32.1 Å². The number of aliphatic hydroxyl groups is 1. The SMILES string of the molecule is O=C(Oc1ccccc1C1OP(=O)(O)C(O)(Cc2cccnc2)P(=O)(O)O1)OC1CCCCC1. The molecule has 13 heteroatoms. The summed E-state index contributed by atoms with van der Waals surface area (Å²) in [6, 6.07) is 8.65. The van der Waals surface area contributed by atoms with Gasteiger partial charge in [-0.1, -0.05) is 30.7 Å². The first kappa shape index (κ1) is 25.0. The topological polar surface area (TPSA) is 162 Å². The molecule has 2 fully saturated rings. The van der Waals surface area contributed by atoms with Gasteiger partial charge in [0, 0.05) is 18.8 Å². The van der Waals surface area contributed by atoms with Crippen LogP contribution in [-0.2, 0) is 29.3 Å². The fourth-order valence-corrected chi connectivity index (χ4v) is 7.46. The van der Waals surface area contributed by atoms with Gasteiger partial charge in [-0.15, -0.1) is 0 Å². The summed E-state index contributed by atoms with van der Waals surface area (Å²) >= 11 is 0. The van der Waals surface area contributed by atoms with Gasteiger partial charge in [-0.05, 0) is 43.4 Å². The highest BCUT2D eigenvalue weighted by Crippen LogP contribution is 2.79. The highest BCUT2D eigenvalue weighted by molar-refractivity contribution is 7.73. The van der Waals surface area contributed by atoms with Crippen molar-refractivity contribution in [2.45, 2.75) is 56.0 Å². The van der Waals surface area contributed by atoms with Crippen molar-refractivity contribution in [3.8, 4) is 5.75 Å². The summed E-state index contributed by atoms with van der Waals surface area (Å²) in [5.74, 6) is -0.147. The minimum absolute atomic E-state index is 0.102. The third-order valence-electron chi connectivity index (χ3n) is 5.73. The number of nitrogens with zero attached hydrogens (tertiary/aromatic N) is 1. The van der Waals surface area contributed by atoms with E-state index < -0.39 is 39.1 Å². The van der Waals surface area contributed by atoms with Crippen LogP contribution in [0.1, 0.15) is 49.5 Å². The van der Waals surface area contributed by atoms with Gasteiger partial charge in [0.1, 0.15) is 11.9 Å². The van der Waals surface area contributed by atoms with E-state index in [1.807, 2.05) is 0 Å². The molecule has 0 spiro atoms. The van der Waals surface area contributed by atoms with E-state index in [0.29, 0.717) is 0 Å². The Bertz CT molecular complexity index is 1100. The molecule has 1 saturated heterocycles. The first-order chi connectivity index (χ1) is 16.1. The summed E-state index contributed by atoms with van der Waals surface area (Å²) in [5.41, 5.74) is 0.114. The van der Waals surface area contributed by atoms with Crippen molar-refractivity contribution in [2.75, 3.05) is 0 Å². The number of carbonyl (C=O) groups excluding carboxylic acids is 1. The van der Waals surface area contributed by atoms with Gasteiger partial charge in [0.05, 0.1) is 5.56 Å². The van der Waals surface area contributed by atoms with E-state index in [2.05, 4.69) is 4.98 Å². The summed E-state index contributed by atoms with van der Waals surface area (Å²) in [7, 11) is -10.4. The average Bonchev–Trinajstić information content (AvgIpc) is 2.79. The Morgan fingerprint density at radius 1 is 1.06 bits per heavy atom. The first-order valence-electron chi connectivity index (χ1n) is 10.7. The average molecular weight is 513 g/mol. The lowest BCUT2D eigenvalue weighted by Crippen LogP contribution is -2.38. The Balaban J connectivity index is 1.55. The molecular weight excluding hydrogens is 488 g/mol. The van der Waals surface area contributed by atoms with Crippen molar-refractivity contribution in [3.63, 3.8) is 0 Å². The number of ether oxygens (including phenoxy) is 2. The van der Waals surface area contributed by atoms with Crippen molar-refractivity contribution in [3.05, 3.63) is 59.9 Å². The van der Waals surface area contributed by atoms with E-state index in [9.17, 15) is 28.8 Å². The summed E-state index contributed by atoms with van der Waals surface area (Å²) < 4.78 is 46.8. The van der Waals surface area contributed by atoms with E-state index in [-0.39, 0.29) is 23.0 Å². The second-order valence-corrected chi connectivity index (χ2v) is 12.5. The van der Waals surface area contributed by atoms with Crippen molar-refractivity contribution < 1.29 is 47.3 Å². The van der Waals surface area contributed by atoms with Crippen LogP contribution in [-0.4, -0.2) is 37.2 Å². The van der Waals surface area contributed by atoms with Crippen molar-refractivity contribution in [2.24, 2.45) is 0 Å². The third-order valence-corrected chi connectivity index (χ3v) is 10.3. The van der Waals surface area contributed by atoms with E-state index in [4.69, 9.17) is 18.5 Å². The smallest absolute Gasteiger partial charge is 0.431 e. The van der Waals surface area contributed by atoms with Gasteiger partial charge in [0.25, 0.3) is 5.08 Å². The molecule has 2 atom stereocenters. The molecule has 2 heterocycles. The number of carbonyl (C=O) groups is 1. The second kappa shape index (κ2) is 9.87. The molecule has 2 unspecified atom stereocenters. The molecule has 1 aliphatic carbocycles. The van der Waals surface area contributed by atoms with Gasteiger partial charge in [-0.3, -0.25) is 23.2 Å². The van der Waals surface area contributed by atoms with Gasteiger partial charge in [0.15, 0.2) is 0 Å². The molecule has 4 rings (SSSR count). The lowest BCUT2D eigenvalue weighted by atomic mass is 9.98. The van der Waals surface area contributed by atoms with Crippen molar-refractivity contribution in [1.29, 1.82) is 0 Å². The van der Waals surface area contributed by atoms with E-state index in [1.54, 1.807) is 0 Å². The largest absolute Gasteiger partial charge is 0.514 e. The zero-order valence-electron chi connectivity index (χ0n) is 18.1. The van der Waals surface area contributed by atoms with E-state index in [1.165, 1.54) is 48.8 Å². The minimum atomic E-state index is -5.18. The maximum absolute atomic E-state index is 13.0. The maximum atomic E-state index is 13.0. The van der Waals surface area contributed by atoms with Gasteiger partial charge < -0.3 is 24.4 Å². The monoisotopic (exact) mass is 513 g/mol. The summed E-state index contributed by atoms with van der Waals surface area (Å²) in [6.45, 7) is 0. The first-order valence-corrected chi connectivity index (χ1v) is 13.9. The predicted molar refractivity (Wildman–Crippen MR) is 118 cm³/mol. The standard InChI is InChI=1S/C21H25NO10P2/c23-20(29-16-8-2-1-3-9-16)30-18-11-5-4-10-17(18)19-31-33(25,26)21(24,34(27,28)32-19)13-15-7-6-12-22-14-15/h4-7,10-12,14,16,19,24H,1-3,8-9,13H2,(H,25,26)(H,27,28).